The molecule has 1 aromatic rings. The van der Waals surface area contributed by atoms with Crippen LogP contribution in [0.5, 0.6) is 11.5 Å². The third-order valence-electron chi connectivity index (χ3n) is 3.26. The molecule has 1 saturated heterocycles. The zero-order valence-electron chi connectivity index (χ0n) is 11.6. The van der Waals surface area contributed by atoms with Gasteiger partial charge in [0.1, 0.15) is 0 Å². The molecule has 1 fully saturated rings. The van der Waals surface area contributed by atoms with Gasteiger partial charge in [-0.15, -0.1) is 0 Å². The van der Waals surface area contributed by atoms with Crippen LogP contribution in [-0.2, 0) is 11.3 Å². The number of likely N-dealkylation sites (tertiary alicyclic amines) is 1. The maximum atomic E-state index is 11.8. The number of rotatable bonds is 5. The lowest BCUT2D eigenvalue weighted by molar-refractivity contribution is -0.132. The lowest BCUT2D eigenvalue weighted by atomic mass is 10.2. The number of carbonyl (C=O) groups excluding carboxylic acids is 1. The number of nitrogens with zero attached hydrogens (tertiary/aromatic N) is 1. The highest BCUT2D eigenvalue weighted by atomic mass is 16.5. The Labute approximate surface area is 113 Å². The molecule has 0 bridgehead atoms. The predicted octanol–water partition coefficient (Wildman–Crippen LogP) is 1.02. The van der Waals surface area contributed by atoms with Crippen molar-refractivity contribution in [2.75, 3.05) is 27.7 Å². The van der Waals surface area contributed by atoms with Gasteiger partial charge in [0.15, 0.2) is 17.6 Å². The summed E-state index contributed by atoms with van der Waals surface area (Å²) in [5.41, 5.74) is 1.11. The van der Waals surface area contributed by atoms with Gasteiger partial charge in [-0.25, -0.2) is 0 Å². The summed E-state index contributed by atoms with van der Waals surface area (Å²) >= 11 is 0. The van der Waals surface area contributed by atoms with Gasteiger partial charge in [-0.1, -0.05) is 6.07 Å². The van der Waals surface area contributed by atoms with E-state index in [0.29, 0.717) is 11.5 Å². The van der Waals surface area contributed by atoms with Crippen LogP contribution >= 0.6 is 0 Å². The van der Waals surface area contributed by atoms with Crippen molar-refractivity contribution in [2.24, 2.45) is 0 Å². The molecular formula is C14H20N2O3. The number of ether oxygens (including phenoxy) is 2. The Morgan fingerprint density at radius 2 is 2.21 bits per heavy atom. The standard InChI is InChI=1S/C14H20N2O3/c1-15-9-10-4-5-11(13(8-10)18-3)19-12-6-7-16(2)14(12)17/h4-5,8,12,15H,6-7,9H2,1-3H3. The zero-order chi connectivity index (χ0) is 13.8. The molecule has 1 unspecified atom stereocenters. The SMILES string of the molecule is CNCc1ccc(OC2CCN(C)C2=O)c(OC)c1. The highest BCUT2D eigenvalue weighted by Crippen LogP contribution is 2.30. The van der Waals surface area contributed by atoms with Crippen LogP contribution in [0.1, 0.15) is 12.0 Å². The first-order chi connectivity index (χ1) is 9.15. The summed E-state index contributed by atoms with van der Waals surface area (Å²) in [7, 11) is 5.29. The molecule has 1 atom stereocenters. The van der Waals surface area contributed by atoms with E-state index in [9.17, 15) is 4.79 Å². The van der Waals surface area contributed by atoms with Gasteiger partial charge >= 0.3 is 0 Å². The van der Waals surface area contributed by atoms with E-state index in [-0.39, 0.29) is 5.91 Å². The second kappa shape index (κ2) is 5.93. The first kappa shape index (κ1) is 13.7. The third-order valence-corrected chi connectivity index (χ3v) is 3.26. The number of hydrogen-bond donors (Lipinski definition) is 1. The number of hydrogen-bond acceptors (Lipinski definition) is 4. The maximum Gasteiger partial charge on any atom is 0.263 e. The minimum absolute atomic E-state index is 0.0290. The number of amides is 1. The molecule has 1 amide bonds. The smallest absolute Gasteiger partial charge is 0.263 e. The van der Waals surface area contributed by atoms with Crippen LogP contribution in [0.15, 0.2) is 18.2 Å². The van der Waals surface area contributed by atoms with E-state index in [1.165, 1.54) is 0 Å². The molecular weight excluding hydrogens is 244 g/mol. The molecule has 1 aliphatic heterocycles. The molecule has 0 saturated carbocycles. The first-order valence-electron chi connectivity index (χ1n) is 6.39. The molecule has 1 heterocycles. The molecule has 2 rings (SSSR count). The fourth-order valence-electron chi connectivity index (χ4n) is 2.18. The van der Waals surface area contributed by atoms with Crippen molar-refractivity contribution in [3.05, 3.63) is 23.8 Å². The molecule has 19 heavy (non-hydrogen) atoms. The minimum atomic E-state index is -0.394. The van der Waals surface area contributed by atoms with E-state index in [0.717, 1.165) is 25.1 Å². The summed E-state index contributed by atoms with van der Waals surface area (Å²) < 4.78 is 11.1. The van der Waals surface area contributed by atoms with Gasteiger partial charge in [0, 0.05) is 26.6 Å². The average molecular weight is 264 g/mol. The predicted molar refractivity (Wildman–Crippen MR) is 72.4 cm³/mol. The monoisotopic (exact) mass is 264 g/mol. The molecule has 104 valence electrons. The second-order valence-electron chi connectivity index (χ2n) is 4.67. The van der Waals surface area contributed by atoms with Crippen molar-refractivity contribution in [3.63, 3.8) is 0 Å². The average Bonchev–Trinajstić information content (AvgIpc) is 2.72. The normalized spacial score (nSPS) is 18.8. The number of nitrogens with one attached hydrogen (secondary N) is 1. The molecule has 0 aromatic heterocycles. The fourth-order valence-corrected chi connectivity index (χ4v) is 2.18. The van der Waals surface area contributed by atoms with Crippen LogP contribution in [0.2, 0.25) is 0 Å². The Kier molecular flexibility index (Phi) is 4.27. The van der Waals surface area contributed by atoms with Crippen molar-refractivity contribution < 1.29 is 14.3 Å². The number of carbonyl (C=O) groups is 1. The van der Waals surface area contributed by atoms with E-state index in [2.05, 4.69) is 5.32 Å². The van der Waals surface area contributed by atoms with Crippen LogP contribution in [0.3, 0.4) is 0 Å². The Morgan fingerprint density at radius 3 is 2.79 bits per heavy atom. The zero-order valence-corrected chi connectivity index (χ0v) is 11.6. The summed E-state index contributed by atoms with van der Waals surface area (Å²) in [6.45, 7) is 1.51. The quantitative estimate of drug-likeness (QED) is 0.863. The fraction of sp³-hybridized carbons (Fsp3) is 0.500. The van der Waals surface area contributed by atoms with Crippen molar-refractivity contribution in [1.82, 2.24) is 10.2 Å². The van der Waals surface area contributed by atoms with E-state index in [4.69, 9.17) is 9.47 Å². The van der Waals surface area contributed by atoms with Crippen LogP contribution in [0.4, 0.5) is 0 Å². The lowest BCUT2D eigenvalue weighted by Gasteiger charge is -2.16. The second-order valence-corrected chi connectivity index (χ2v) is 4.67. The highest BCUT2D eigenvalue weighted by Gasteiger charge is 2.31. The van der Waals surface area contributed by atoms with Crippen molar-refractivity contribution in [2.45, 2.75) is 19.1 Å². The van der Waals surface area contributed by atoms with Gasteiger partial charge in [-0.05, 0) is 24.7 Å². The highest BCUT2D eigenvalue weighted by molar-refractivity contribution is 5.83. The van der Waals surface area contributed by atoms with Crippen LogP contribution in [0, 0.1) is 0 Å². The summed E-state index contributed by atoms with van der Waals surface area (Å²) in [4.78, 5) is 13.5. The van der Waals surface area contributed by atoms with Gasteiger partial charge in [-0.2, -0.15) is 0 Å². The van der Waals surface area contributed by atoms with E-state index in [1.807, 2.05) is 25.2 Å². The Bertz CT molecular complexity index is 462. The van der Waals surface area contributed by atoms with Crippen LogP contribution in [-0.4, -0.2) is 44.7 Å². The van der Waals surface area contributed by atoms with E-state index >= 15 is 0 Å². The Morgan fingerprint density at radius 1 is 1.42 bits per heavy atom. The third kappa shape index (κ3) is 2.98. The maximum absolute atomic E-state index is 11.8. The Hall–Kier alpha value is -1.75. The Balaban J connectivity index is 2.13. The van der Waals surface area contributed by atoms with Crippen molar-refractivity contribution in [1.29, 1.82) is 0 Å². The number of benzene rings is 1. The molecule has 0 spiro atoms. The van der Waals surface area contributed by atoms with Crippen LogP contribution < -0.4 is 14.8 Å². The summed E-state index contributed by atoms with van der Waals surface area (Å²) in [5, 5.41) is 3.08. The summed E-state index contributed by atoms with van der Waals surface area (Å²) in [6.07, 6.45) is 0.325. The topological polar surface area (TPSA) is 50.8 Å². The molecule has 1 aromatic carbocycles. The van der Waals surface area contributed by atoms with Crippen molar-refractivity contribution in [3.8, 4) is 11.5 Å². The molecule has 0 aliphatic carbocycles. The van der Waals surface area contributed by atoms with Gasteiger partial charge < -0.3 is 19.7 Å². The summed E-state index contributed by atoms with van der Waals surface area (Å²) in [6, 6.07) is 5.75. The molecule has 1 aliphatic rings. The van der Waals surface area contributed by atoms with Gasteiger partial charge in [0.2, 0.25) is 0 Å². The van der Waals surface area contributed by atoms with E-state index < -0.39 is 6.10 Å². The van der Waals surface area contributed by atoms with Crippen LogP contribution in [0.25, 0.3) is 0 Å². The molecule has 0 radical (unpaired) electrons. The molecule has 5 heteroatoms. The molecule has 1 N–H and O–H groups in total. The first-order valence-corrected chi connectivity index (χ1v) is 6.39. The van der Waals surface area contributed by atoms with Gasteiger partial charge in [-0.3, -0.25) is 4.79 Å². The van der Waals surface area contributed by atoms with E-state index in [1.54, 1.807) is 19.1 Å². The largest absolute Gasteiger partial charge is 0.493 e. The van der Waals surface area contributed by atoms with Gasteiger partial charge in [0.05, 0.1) is 7.11 Å². The number of methoxy groups -OCH3 is 1. The number of likely N-dealkylation sites (N-methyl/N-ethyl adjacent to an activating group) is 1. The minimum Gasteiger partial charge on any atom is -0.493 e. The molecule has 5 nitrogen and oxygen atoms in total. The lowest BCUT2D eigenvalue weighted by Crippen LogP contribution is -2.29. The van der Waals surface area contributed by atoms with Gasteiger partial charge in [0.25, 0.3) is 5.91 Å². The summed E-state index contributed by atoms with van der Waals surface area (Å²) in [5.74, 6) is 1.31. The van der Waals surface area contributed by atoms with Crippen molar-refractivity contribution >= 4 is 5.91 Å².